The summed E-state index contributed by atoms with van der Waals surface area (Å²) in [7, 11) is 0. The lowest BCUT2D eigenvalue weighted by Crippen LogP contribution is -2.30. The van der Waals surface area contributed by atoms with Gasteiger partial charge >= 0.3 is 0 Å². The minimum absolute atomic E-state index is 0.212. The molecular weight excluding hydrogens is 258 g/mol. The molecule has 2 heteroatoms. The molecule has 0 spiro atoms. The van der Waals surface area contributed by atoms with Gasteiger partial charge in [0.15, 0.2) is 0 Å². The van der Waals surface area contributed by atoms with Gasteiger partial charge in [0.25, 0.3) is 0 Å². The van der Waals surface area contributed by atoms with E-state index in [1.165, 1.54) is 49.7 Å². The fourth-order valence-corrected chi connectivity index (χ4v) is 3.27. The maximum atomic E-state index is 6.50. The van der Waals surface area contributed by atoms with Crippen molar-refractivity contribution >= 4 is 0 Å². The lowest BCUT2D eigenvalue weighted by Gasteiger charge is -2.30. The van der Waals surface area contributed by atoms with Crippen LogP contribution in [0.4, 0.5) is 0 Å². The van der Waals surface area contributed by atoms with E-state index in [0.717, 1.165) is 18.5 Å². The normalized spacial score (nSPS) is 27.5. The Morgan fingerprint density at radius 1 is 1.14 bits per heavy atom. The SMILES string of the molecule is Cc1cccc(C(CNC2CC2)OC2CCC(C)CC2)c1. The number of ether oxygens (including phenoxy) is 1. The molecule has 1 N–H and O–H groups in total. The second-order valence-electron chi connectivity index (χ2n) is 7.10. The van der Waals surface area contributed by atoms with E-state index in [2.05, 4.69) is 43.4 Å². The van der Waals surface area contributed by atoms with Crippen molar-refractivity contribution in [3.8, 4) is 0 Å². The average molecular weight is 287 g/mol. The second-order valence-corrected chi connectivity index (χ2v) is 7.10. The summed E-state index contributed by atoms with van der Waals surface area (Å²) in [4.78, 5) is 0. The van der Waals surface area contributed by atoms with Crippen LogP contribution in [0, 0.1) is 12.8 Å². The van der Waals surface area contributed by atoms with Crippen LogP contribution < -0.4 is 5.32 Å². The molecule has 2 aliphatic carbocycles. The third-order valence-corrected chi connectivity index (χ3v) is 4.90. The second kappa shape index (κ2) is 6.93. The van der Waals surface area contributed by atoms with E-state index in [9.17, 15) is 0 Å². The highest BCUT2D eigenvalue weighted by molar-refractivity contribution is 5.24. The topological polar surface area (TPSA) is 21.3 Å². The third kappa shape index (κ3) is 4.55. The number of nitrogens with one attached hydrogen (secondary N) is 1. The molecule has 2 fully saturated rings. The zero-order valence-corrected chi connectivity index (χ0v) is 13.5. The van der Waals surface area contributed by atoms with Crippen LogP contribution in [0.15, 0.2) is 24.3 Å². The zero-order chi connectivity index (χ0) is 14.7. The highest BCUT2D eigenvalue weighted by Gasteiger charge is 2.26. The number of benzene rings is 1. The first-order valence-electron chi connectivity index (χ1n) is 8.66. The molecule has 1 unspecified atom stereocenters. The monoisotopic (exact) mass is 287 g/mol. The Kier molecular flexibility index (Phi) is 4.97. The average Bonchev–Trinajstić information content (AvgIpc) is 3.30. The Morgan fingerprint density at radius 3 is 2.57 bits per heavy atom. The van der Waals surface area contributed by atoms with Crippen molar-refractivity contribution in [3.05, 3.63) is 35.4 Å². The highest BCUT2D eigenvalue weighted by Crippen LogP contribution is 2.30. The lowest BCUT2D eigenvalue weighted by atomic mass is 9.88. The molecule has 3 rings (SSSR count). The summed E-state index contributed by atoms with van der Waals surface area (Å²) in [6, 6.07) is 9.56. The van der Waals surface area contributed by atoms with Crippen LogP contribution in [0.3, 0.4) is 0 Å². The van der Waals surface area contributed by atoms with Gasteiger partial charge in [0.05, 0.1) is 12.2 Å². The van der Waals surface area contributed by atoms with E-state index >= 15 is 0 Å². The molecule has 0 bridgehead atoms. The number of aryl methyl sites for hydroxylation is 1. The van der Waals surface area contributed by atoms with E-state index in [0.29, 0.717) is 6.10 Å². The molecule has 116 valence electrons. The van der Waals surface area contributed by atoms with Gasteiger partial charge < -0.3 is 10.1 Å². The summed E-state index contributed by atoms with van der Waals surface area (Å²) in [5.74, 6) is 0.881. The fraction of sp³-hybridized carbons (Fsp3) is 0.684. The van der Waals surface area contributed by atoms with E-state index in [1.807, 2.05) is 0 Å². The summed E-state index contributed by atoms with van der Waals surface area (Å²) >= 11 is 0. The number of rotatable bonds is 6. The molecule has 1 aromatic rings. The van der Waals surface area contributed by atoms with Crippen LogP contribution in [0.2, 0.25) is 0 Å². The molecule has 2 nitrogen and oxygen atoms in total. The van der Waals surface area contributed by atoms with Crippen LogP contribution in [-0.4, -0.2) is 18.7 Å². The summed E-state index contributed by atoms with van der Waals surface area (Å²) < 4.78 is 6.50. The van der Waals surface area contributed by atoms with Crippen molar-refractivity contribution in [3.63, 3.8) is 0 Å². The molecule has 0 saturated heterocycles. The smallest absolute Gasteiger partial charge is 0.0953 e. The molecular formula is C19H29NO. The lowest BCUT2D eigenvalue weighted by molar-refractivity contribution is -0.0364. The maximum Gasteiger partial charge on any atom is 0.0953 e. The Bertz CT molecular complexity index is 447. The van der Waals surface area contributed by atoms with E-state index in [-0.39, 0.29) is 6.10 Å². The molecule has 1 atom stereocenters. The predicted octanol–water partition coefficient (Wildman–Crippen LogP) is 4.38. The number of hydrogen-bond donors (Lipinski definition) is 1. The van der Waals surface area contributed by atoms with Gasteiger partial charge in [-0.3, -0.25) is 0 Å². The molecule has 2 aliphatic rings. The van der Waals surface area contributed by atoms with Crippen molar-refractivity contribution in [1.82, 2.24) is 5.32 Å². The van der Waals surface area contributed by atoms with Gasteiger partial charge in [-0.2, -0.15) is 0 Å². The molecule has 1 aromatic carbocycles. The number of hydrogen-bond acceptors (Lipinski definition) is 2. The highest BCUT2D eigenvalue weighted by atomic mass is 16.5. The fourth-order valence-electron chi connectivity index (χ4n) is 3.27. The first kappa shape index (κ1) is 15.1. The molecule has 2 saturated carbocycles. The van der Waals surface area contributed by atoms with E-state index < -0.39 is 0 Å². The van der Waals surface area contributed by atoms with Crippen molar-refractivity contribution in [1.29, 1.82) is 0 Å². The molecule has 0 heterocycles. The Morgan fingerprint density at radius 2 is 1.90 bits per heavy atom. The van der Waals surface area contributed by atoms with Crippen LogP contribution >= 0.6 is 0 Å². The Labute approximate surface area is 129 Å². The molecule has 21 heavy (non-hydrogen) atoms. The first-order valence-corrected chi connectivity index (χ1v) is 8.66. The summed E-state index contributed by atoms with van der Waals surface area (Å²) in [5.41, 5.74) is 2.66. The van der Waals surface area contributed by atoms with Crippen LogP contribution in [-0.2, 0) is 4.74 Å². The van der Waals surface area contributed by atoms with Crippen LogP contribution in [0.1, 0.15) is 62.7 Å². The van der Waals surface area contributed by atoms with Crippen molar-refractivity contribution in [2.45, 2.75) is 70.6 Å². The van der Waals surface area contributed by atoms with Crippen LogP contribution in [0.25, 0.3) is 0 Å². The quantitative estimate of drug-likeness (QED) is 0.838. The van der Waals surface area contributed by atoms with Crippen molar-refractivity contribution in [2.75, 3.05) is 6.54 Å². The molecule has 0 aliphatic heterocycles. The summed E-state index contributed by atoms with van der Waals surface area (Å²) in [6.07, 6.45) is 8.43. The predicted molar refractivity (Wildman–Crippen MR) is 87.4 cm³/mol. The van der Waals surface area contributed by atoms with Gasteiger partial charge in [-0.05, 0) is 56.9 Å². The maximum absolute atomic E-state index is 6.50. The van der Waals surface area contributed by atoms with E-state index in [1.54, 1.807) is 0 Å². The van der Waals surface area contributed by atoms with E-state index in [4.69, 9.17) is 4.74 Å². The van der Waals surface area contributed by atoms with Gasteiger partial charge in [-0.1, -0.05) is 36.8 Å². The summed E-state index contributed by atoms with van der Waals surface area (Å²) in [6.45, 7) is 5.49. The zero-order valence-electron chi connectivity index (χ0n) is 13.5. The minimum Gasteiger partial charge on any atom is -0.369 e. The minimum atomic E-state index is 0.212. The standard InChI is InChI=1S/C19H29NO/c1-14-6-10-18(11-7-14)21-19(13-20-17-8-9-17)16-5-3-4-15(2)12-16/h3-5,12,14,17-20H,6-11,13H2,1-2H3. The molecule has 0 amide bonds. The Balaban J connectivity index is 1.63. The largest absolute Gasteiger partial charge is 0.369 e. The molecule has 0 aromatic heterocycles. The van der Waals surface area contributed by atoms with Crippen LogP contribution in [0.5, 0.6) is 0 Å². The van der Waals surface area contributed by atoms with Gasteiger partial charge in [0.2, 0.25) is 0 Å². The summed E-state index contributed by atoms with van der Waals surface area (Å²) in [5, 5.41) is 3.65. The Hall–Kier alpha value is -0.860. The van der Waals surface area contributed by atoms with Crippen molar-refractivity contribution in [2.24, 2.45) is 5.92 Å². The molecule has 0 radical (unpaired) electrons. The first-order chi connectivity index (χ1) is 10.2. The van der Waals surface area contributed by atoms with Crippen molar-refractivity contribution < 1.29 is 4.74 Å². The van der Waals surface area contributed by atoms with Gasteiger partial charge in [-0.25, -0.2) is 0 Å². The van der Waals surface area contributed by atoms with Gasteiger partial charge in [0, 0.05) is 12.6 Å². The third-order valence-electron chi connectivity index (χ3n) is 4.90. The van der Waals surface area contributed by atoms with Gasteiger partial charge in [-0.15, -0.1) is 0 Å². The van der Waals surface area contributed by atoms with Gasteiger partial charge in [0.1, 0.15) is 0 Å².